The molecule has 4 heteroatoms. The first-order chi connectivity index (χ1) is 9.34. The van der Waals surface area contributed by atoms with E-state index in [2.05, 4.69) is 14.8 Å². The second kappa shape index (κ2) is 5.87. The molecule has 2 aliphatic rings. The fourth-order valence-electron chi connectivity index (χ4n) is 3.36. The first-order valence-electron chi connectivity index (χ1n) is 7.44. The normalized spacial score (nSPS) is 22.7. The quantitative estimate of drug-likeness (QED) is 0.818. The highest BCUT2D eigenvalue weighted by atomic mass is 19.1. The first kappa shape index (κ1) is 12.9. The van der Waals surface area contributed by atoms with Crippen molar-refractivity contribution in [2.75, 3.05) is 31.1 Å². The zero-order valence-electron chi connectivity index (χ0n) is 11.4. The maximum Gasteiger partial charge on any atom is 0.165 e. The molecular formula is C15H22FN3. The number of rotatable bonds is 2. The summed E-state index contributed by atoms with van der Waals surface area (Å²) < 4.78 is 13.7. The van der Waals surface area contributed by atoms with Crippen LogP contribution in [0.2, 0.25) is 0 Å². The second-order valence-corrected chi connectivity index (χ2v) is 5.62. The Bertz CT molecular complexity index is 410. The van der Waals surface area contributed by atoms with Crippen molar-refractivity contribution in [1.82, 2.24) is 9.88 Å². The second-order valence-electron chi connectivity index (χ2n) is 5.62. The Morgan fingerprint density at radius 3 is 2.47 bits per heavy atom. The third kappa shape index (κ3) is 2.89. The van der Waals surface area contributed by atoms with Crippen LogP contribution in [-0.4, -0.2) is 42.1 Å². The molecule has 2 fully saturated rings. The Balaban J connectivity index is 1.58. The summed E-state index contributed by atoms with van der Waals surface area (Å²) in [7, 11) is 0. The van der Waals surface area contributed by atoms with Crippen LogP contribution in [0.25, 0.3) is 0 Å². The molecule has 1 aromatic heterocycles. The largest absolute Gasteiger partial charge is 0.352 e. The Labute approximate surface area is 114 Å². The van der Waals surface area contributed by atoms with Gasteiger partial charge in [0.1, 0.15) is 0 Å². The lowest BCUT2D eigenvalue weighted by atomic mass is 9.94. The van der Waals surface area contributed by atoms with Crippen LogP contribution in [0.15, 0.2) is 18.3 Å². The Kier molecular flexibility index (Phi) is 3.97. The number of piperazine rings is 1. The van der Waals surface area contributed by atoms with Gasteiger partial charge in [-0.1, -0.05) is 19.3 Å². The standard InChI is InChI=1S/C15H22FN3/c16-14-7-4-8-17-15(14)19-11-9-18(10-12-19)13-5-2-1-3-6-13/h4,7-8,13H,1-3,5-6,9-12H2. The molecule has 19 heavy (non-hydrogen) atoms. The minimum absolute atomic E-state index is 0.200. The number of hydrogen-bond donors (Lipinski definition) is 0. The van der Waals surface area contributed by atoms with Crippen molar-refractivity contribution in [3.63, 3.8) is 0 Å². The molecule has 1 aliphatic carbocycles. The van der Waals surface area contributed by atoms with Crippen LogP contribution >= 0.6 is 0 Å². The van der Waals surface area contributed by atoms with E-state index in [9.17, 15) is 4.39 Å². The van der Waals surface area contributed by atoms with Crippen molar-refractivity contribution in [2.45, 2.75) is 38.1 Å². The van der Waals surface area contributed by atoms with Gasteiger partial charge in [-0.25, -0.2) is 9.37 Å². The van der Waals surface area contributed by atoms with Crippen molar-refractivity contribution in [3.8, 4) is 0 Å². The molecule has 1 aromatic rings. The van der Waals surface area contributed by atoms with Crippen LogP contribution in [0.4, 0.5) is 10.2 Å². The van der Waals surface area contributed by atoms with Gasteiger partial charge in [0.05, 0.1) is 0 Å². The highest BCUT2D eigenvalue weighted by molar-refractivity contribution is 5.40. The zero-order chi connectivity index (χ0) is 13.1. The molecule has 0 amide bonds. The molecule has 1 aliphatic heterocycles. The number of pyridine rings is 1. The Morgan fingerprint density at radius 1 is 1.05 bits per heavy atom. The summed E-state index contributed by atoms with van der Waals surface area (Å²) >= 11 is 0. The summed E-state index contributed by atoms with van der Waals surface area (Å²) in [6.45, 7) is 3.87. The summed E-state index contributed by atoms with van der Waals surface area (Å²) in [5, 5.41) is 0. The van der Waals surface area contributed by atoms with E-state index in [4.69, 9.17) is 0 Å². The van der Waals surface area contributed by atoms with Gasteiger partial charge in [0.2, 0.25) is 0 Å². The fraction of sp³-hybridized carbons (Fsp3) is 0.667. The van der Waals surface area contributed by atoms with Crippen molar-refractivity contribution in [1.29, 1.82) is 0 Å². The van der Waals surface area contributed by atoms with E-state index in [0.29, 0.717) is 5.82 Å². The van der Waals surface area contributed by atoms with E-state index >= 15 is 0 Å². The van der Waals surface area contributed by atoms with Crippen molar-refractivity contribution in [2.24, 2.45) is 0 Å². The molecule has 1 saturated heterocycles. The van der Waals surface area contributed by atoms with Crippen LogP contribution in [-0.2, 0) is 0 Å². The number of nitrogens with zero attached hydrogens (tertiary/aromatic N) is 3. The van der Waals surface area contributed by atoms with Crippen molar-refractivity contribution < 1.29 is 4.39 Å². The molecule has 1 saturated carbocycles. The highest BCUT2D eigenvalue weighted by Crippen LogP contribution is 2.25. The van der Waals surface area contributed by atoms with Gasteiger partial charge in [-0.15, -0.1) is 0 Å². The average Bonchev–Trinajstić information content (AvgIpc) is 2.49. The summed E-state index contributed by atoms with van der Waals surface area (Å²) in [6.07, 6.45) is 8.51. The number of aromatic nitrogens is 1. The summed E-state index contributed by atoms with van der Waals surface area (Å²) in [4.78, 5) is 8.84. The van der Waals surface area contributed by atoms with E-state index < -0.39 is 0 Å². The predicted molar refractivity (Wildman–Crippen MR) is 74.9 cm³/mol. The molecule has 0 spiro atoms. The monoisotopic (exact) mass is 263 g/mol. The van der Waals surface area contributed by atoms with Gasteiger partial charge in [-0.3, -0.25) is 4.90 Å². The van der Waals surface area contributed by atoms with Gasteiger partial charge in [-0.05, 0) is 25.0 Å². The molecule has 0 unspecified atom stereocenters. The van der Waals surface area contributed by atoms with Crippen LogP contribution < -0.4 is 4.90 Å². The topological polar surface area (TPSA) is 19.4 Å². The van der Waals surface area contributed by atoms with Gasteiger partial charge in [0, 0.05) is 38.4 Å². The molecule has 0 bridgehead atoms. The maximum atomic E-state index is 13.7. The third-order valence-corrected chi connectivity index (χ3v) is 4.44. The zero-order valence-corrected chi connectivity index (χ0v) is 11.4. The average molecular weight is 263 g/mol. The minimum Gasteiger partial charge on any atom is -0.352 e. The van der Waals surface area contributed by atoms with Gasteiger partial charge >= 0.3 is 0 Å². The molecule has 0 aromatic carbocycles. The number of anilines is 1. The lowest BCUT2D eigenvalue weighted by Gasteiger charge is -2.41. The summed E-state index contributed by atoms with van der Waals surface area (Å²) in [5.74, 6) is 0.319. The Hall–Kier alpha value is -1.16. The minimum atomic E-state index is -0.200. The van der Waals surface area contributed by atoms with E-state index in [1.807, 2.05) is 0 Å². The van der Waals surface area contributed by atoms with E-state index in [0.717, 1.165) is 32.2 Å². The Morgan fingerprint density at radius 2 is 1.79 bits per heavy atom. The van der Waals surface area contributed by atoms with Crippen LogP contribution in [0, 0.1) is 5.82 Å². The molecule has 0 atom stereocenters. The molecule has 0 N–H and O–H groups in total. The lowest BCUT2D eigenvalue weighted by Crippen LogP contribution is -2.51. The first-order valence-corrected chi connectivity index (χ1v) is 7.44. The van der Waals surface area contributed by atoms with Crippen LogP contribution in [0.3, 0.4) is 0 Å². The van der Waals surface area contributed by atoms with Gasteiger partial charge in [-0.2, -0.15) is 0 Å². The summed E-state index contributed by atoms with van der Waals surface area (Å²) in [6, 6.07) is 3.91. The van der Waals surface area contributed by atoms with Crippen molar-refractivity contribution >= 4 is 5.82 Å². The van der Waals surface area contributed by atoms with Gasteiger partial charge < -0.3 is 4.90 Å². The third-order valence-electron chi connectivity index (χ3n) is 4.44. The van der Waals surface area contributed by atoms with E-state index in [-0.39, 0.29) is 5.82 Å². The SMILES string of the molecule is Fc1cccnc1N1CCN(C2CCCCC2)CC1. The fourth-order valence-corrected chi connectivity index (χ4v) is 3.36. The molecule has 104 valence electrons. The summed E-state index contributed by atoms with van der Waals surface area (Å²) in [5.41, 5.74) is 0. The van der Waals surface area contributed by atoms with Crippen LogP contribution in [0.1, 0.15) is 32.1 Å². The van der Waals surface area contributed by atoms with Crippen LogP contribution in [0.5, 0.6) is 0 Å². The maximum absolute atomic E-state index is 13.7. The smallest absolute Gasteiger partial charge is 0.165 e. The molecule has 3 nitrogen and oxygen atoms in total. The highest BCUT2D eigenvalue weighted by Gasteiger charge is 2.26. The van der Waals surface area contributed by atoms with Crippen molar-refractivity contribution in [3.05, 3.63) is 24.1 Å². The van der Waals surface area contributed by atoms with Gasteiger partial charge in [0.15, 0.2) is 11.6 Å². The number of halogens is 1. The van der Waals surface area contributed by atoms with E-state index in [1.165, 1.54) is 38.2 Å². The molecule has 3 rings (SSSR count). The lowest BCUT2D eigenvalue weighted by molar-refractivity contribution is 0.147. The van der Waals surface area contributed by atoms with Gasteiger partial charge in [0.25, 0.3) is 0 Å². The molecule has 0 radical (unpaired) electrons. The molecular weight excluding hydrogens is 241 g/mol. The van der Waals surface area contributed by atoms with E-state index in [1.54, 1.807) is 12.3 Å². The molecule has 2 heterocycles. The number of hydrogen-bond acceptors (Lipinski definition) is 3. The predicted octanol–water partition coefficient (Wildman–Crippen LogP) is 2.68.